The first-order valence-electron chi connectivity index (χ1n) is 10.9. The summed E-state index contributed by atoms with van der Waals surface area (Å²) in [6, 6.07) is 41.7. The van der Waals surface area contributed by atoms with Gasteiger partial charge in [-0.2, -0.15) is 0 Å². The van der Waals surface area contributed by atoms with Gasteiger partial charge in [-0.1, -0.05) is 97.1 Å². The van der Waals surface area contributed by atoms with Crippen molar-refractivity contribution in [3.05, 3.63) is 133 Å². The van der Waals surface area contributed by atoms with Crippen LogP contribution in [0.25, 0.3) is 33.4 Å². The molecule has 0 bridgehead atoms. The van der Waals surface area contributed by atoms with Gasteiger partial charge in [-0.15, -0.1) is 0 Å². The van der Waals surface area contributed by atoms with Crippen LogP contribution in [0.1, 0.15) is 5.69 Å². The van der Waals surface area contributed by atoms with E-state index in [2.05, 4.69) is 118 Å². The van der Waals surface area contributed by atoms with Crippen LogP contribution in [-0.4, -0.2) is 11.2 Å². The van der Waals surface area contributed by atoms with E-state index in [9.17, 15) is 0 Å². The molecule has 0 aliphatic carbocycles. The Labute approximate surface area is 226 Å². The Kier molecular flexibility index (Phi) is 9.59. The molecule has 5 heteroatoms. The summed E-state index contributed by atoms with van der Waals surface area (Å²) in [6.45, 7) is 0. The Hall–Kier alpha value is -2.85. The molecule has 0 aliphatic heterocycles. The van der Waals surface area contributed by atoms with Crippen LogP contribution in [0.2, 0.25) is 0 Å². The summed E-state index contributed by atoms with van der Waals surface area (Å²) in [5, 5.41) is 0. The minimum absolute atomic E-state index is 0.831. The minimum atomic E-state index is 0.831. The fourth-order valence-electron chi connectivity index (χ4n) is 3.83. The first kappa shape index (κ1) is 25.3. The summed E-state index contributed by atoms with van der Waals surface area (Å²) in [5.41, 5.74) is 8.58. The van der Waals surface area contributed by atoms with Crippen LogP contribution in [0.4, 0.5) is 5.69 Å². The van der Waals surface area contributed by atoms with Gasteiger partial charge in [-0.25, -0.2) is 0 Å². The summed E-state index contributed by atoms with van der Waals surface area (Å²) in [5.74, 6) is 0. The van der Waals surface area contributed by atoms with Crippen molar-refractivity contribution in [2.45, 2.75) is 0 Å². The Morgan fingerprint density at radius 2 is 1.03 bits per heavy atom. The Bertz CT molecular complexity index is 1300. The second kappa shape index (κ2) is 13.3. The second-order valence-electron chi connectivity index (χ2n) is 7.58. The zero-order chi connectivity index (χ0) is 24.3. The number of hydrogen-bond donors (Lipinski definition) is 0. The van der Waals surface area contributed by atoms with E-state index < -0.39 is 0 Å². The monoisotopic (exact) mass is 626 g/mol. The normalized spacial score (nSPS) is 10.7. The zero-order valence-corrected chi connectivity index (χ0v) is 22.8. The molecule has 0 aliphatic rings. The van der Waals surface area contributed by atoms with E-state index in [4.69, 9.17) is 4.99 Å². The molecule has 176 valence electrons. The summed E-state index contributed by atoms with van der Waals surface area (Å²) in [6.07, 6.45) is 3.63. The van der Waals surface area contributed by atoms with Gasteiger partial charge in [0.05, 0.1) is 17.6 Å². The van der Waals surface area contributed by atoms with E-state index in [1.165, 1.54) is 22.0 Å². The molecular formula is C30H22Br2N2Ni. The quantitative estimate of drug-likeness (QED) is 0.141. The number of pyridine rings is 1. The van der Waals surface area contributed by atoms with Gasteiger partial charge in [-0.05, 0) is 46.5 Å². The Morgan fingerprint density at radius 3 is 1.49 bits per heavy atom. The topological polar surface area (TPSA) is 25.2 Å². The van der Waals surface area contributed by atoms with Crippen LogP contribution in [-0.2, 0) is 10.9 Å². The van der Waals surface area contributed by atoms with Crippen LogP contribution in [0.15, 0.2) is 133 Å². The van der Waals surface area contributed by atoms with Crippen LogP contribution in [0.3, 0.4) is 0 Å². The molecular weight excluding hydrogens is 607 g/mol. The van der Waals surface area contributed by atoms with Crippen LogP contribution in [0.5, 0.6) is 0 Å². The van der Waals surface area contributed by atoms with Gasteiger partial charge in [0.25, 0.3) is 0 Å². The molecule has 0 N–H and O–H groups in total. The fraction of sp³-hybridized carbons (Fsp3) is 0. The van der Waals surface area contributed by atoms with E-state index in [0.29, 0.717) is 0 Å². The molecule has 2 nitrogen and oxygen atoms in total. The zero-order valence-electron chi connectivity index (χ0n) is 18.7. The summed E-state index contributed by atoms with van der Waals surface area (Å²) in [4.78, 5) is 9.39. The third-order valence-electron chi connectivity index (χ3n) is 5.40. The number of aliphatic imine (C=N–C) groups is 1. The molecule has 0 fully saturated rings. The number of rotatable bonds is 5. The Morgan fingerprint density at radius 1 is 0.571 bits per heavy atom. The number of hydrogen-bond acceptors (Lipinski definition) is 2. The van der Waals surface area contributed by atoms with E-state index in [1.54, 1.807) is 6.20 Å². The van der Waals surface area contributed by atoms with Crippen molar-refractivity contribution in [1.82, 2.24) is 4.98 Å². The molecule has 0 radical (unpaired) electrons. The third-order valence-corrected chi connectivity index (χ3v) is 5.40. The van der Waals surface area contributed by atoms with Gasteiger partial charge in [0.15, 0.2) is 0 Å². The standard InChI is InChI=1S/C30H22N2.2BrH.Ni/c1-4-12-23(13-5-1)26-20-28(24-14-6-2-7-15-24)30(32-22-27-18-10-11-19-31-27)29(21-26)25-16-8-3-9-17-25;;;/h1-22H;2*1H;/q;;;+2/p-2. The molecule has 1 heterocycles. The van der Waals surface area contributed by atoms with Crippen molar-refractivity contribution >= 4 is 40.4 Å². The van der Waals surface area contributed by atoms with Gasteiger partial charge in [0.1, 0.15) is 0 Å². The van der Waals surface area contributed by atoms with Gasteiger partial charge >= 0.3 is 39.3 Å². The molecule has 5 rings (SSSR count). The maximum atomic E-state index is 4.98. The average Bonchev–Trinajstić information content (AvgIpc) is 2.94. The number of aromatic nitrogens is 1. The van der Waals surface area contributed by atoms with Crippen molar-refractivity contribution in [1.29, 1.82) is 0 Å². The molecule has 0 spiro atoms. The van der Waals surface area contributed by atoms with Gasteiger partial charge < -0.3 is 0 Å². The van der Waals surface area contributed by atoms with Gasteiger partial charge in [0, 0.05) is 17.3 Å². The first-order valence-corrected chi connectivity index (χ1v) is 15.8. The van der Waals surface area contributed by atoms with E-state index >= 15 is 0 Å². The summed E-state index contributed by atoms with van der Waals surface area (Å²) < 4.78 is 0. The second-order valence-corrected chi connectivity index (χ2v) is 12.6. The van der Waals surface area contributed by atoms with Crippen molar-refractivity contribution in [3.63, 3.8) is 0 Å². The molecule has 4 aromatic carbocycles. The molecule has 1 aromatic heterocycles. The van der Waals surface area contributed by atoms with E-state index in [0.717, 1.165) is 33.6 Å². The number of halogens is 2. The maximum absolute atomic E-state index is 4.98. The van der Waals surface area contributed by atoms with Gasteiger partial charge in [-0.3, -0.25) is 9.98 Å². The fourth-order valence-corrected chi connectivity index (χ4v) is 3.83. The van der Waals surface area contributed by atoms with Crippen LogP contribution < -0.4 is 0 Å². The molecule has 0 atom stereocenters. The number of benzene rings is 4. The van der Waals surface area contributed by atoms with Crippen LogP contribution >= 0.6 is 28.5 Å². The summed E-state index contributed by atoms with van der Waals surface area (Å²) >= 11 is 6.00. The molecule has 0 saturated carbocycles. The van der Waals surface area contributed by atoms with Crippen molar-refractivity contribution in [3.8, 4) is 33.4 Å². The van der Waals surface area contributed by atoms with Gasteiger partial charge in [0.2, 0.25) is 0 Å². The molecule has 0 unspecified atom stereocenters. The third kappa shape index (κ3) is 6.85. The average molecular weight is 629 g/mol. The van der Waals surface area contributed by atoms with Crippen molar-refractivity contribution < 1.29 is 10.9 Å². The SMILES string of the molecule is C(=Nc1c(-c2ccccc2)cc(-c2ccccc2)cc1-c1ccccc1)c1ccccn1.[Br][Ni][Br]. The first-order chi connectivity index (χ1) is 17.3. The van der Waals surface area contributed by atoms with Crippen molar-refractivity contribution in [2.24, 2.45) is 4.99 Å². The Balaban J connectivity index is 0.000000917. The molecule has 0 amide bonds. The predicted molar refractivity (Wildman–Crippen MR) is 152 cm³/mol. The van der Waals surface area contributed by atoms with E-state index in [-0.39, 0.29) is 0 Å². The molecule has 35 heavy (non-hydrogen) atoms. The summed E-state index contributed by atoms with van der Waals surface area (Å²) in [7, 11) is 1.25. The van der Waals surface area contributed by atoms with Crippen LogP contribution in [0, 0.1) is 0 Å². The van der Waals surface area contributed by atoms with Crippen molar-refractivity contribution in [2.75, 3.05) is 0 Å². The molecule has 5 aromatic rings. The predicted octanol–water partition coefficient (Wildman–Crippen LogP) is 9.52. The van der Waals surface area contributed by atoms with E-state index in [1.807, 2.05) is 42.6 Å². The molecule has 0 saturated heterocycles. The number of nitrogens with zero attached hydrogens (tertiary/aromatic N) is 2.